The summed E-state index contributed by atoms with van der Waals surface area (Å²) in [7, 11) is 2.79. The molecule has 0 aliphatic heterocycles. The Labute approximate surface area is 157 Å². The summed E-state index contributed by atoms with van der Waals surface area (Å²) in [6, 6.07) is 11.2. The highest BCUT2D eigenvalue weighted by atomic mass is 16.6. The molecule has 0 aliphatic rings. The number of hydrogen-bond acceptors (Lipinski definition) is 6. The van der Waals surface area contributed by atoms with Crippen molar-refractivity contribution in [2.75, 3.05) is 20.8 Å². The van der Waals surface area contributed by atoms with Crippen LogP contribution in [0.5, 0.6) is 5.75 Å². The van der Waals surface area contributed by atoms with Crippen molar-refractivity contribution in [3.8, 4) is 17.5 Å². The molecule has 0 bridgehead atoms. The first-order valence-corrected chi connectivity index (χ1v) is 8.10. The van der Waals surface area contributed by atoms with E-state index in [4.69, 9.17) is 9.47 Å². The second-order valence-corrected chi connectivity index (χ2v) is 5.68. The number of carbonyl (C=O) groups is 2. The number of nitriles is 1. The number of aryl methyl sites for hydroxylation is 1. The average molecular weight is 368 g/mol. The third-order valence-corrected chi connectivity index (χ3v) is 3.99. The first-order chi connectivity index (χ1) is 12.9. The first-order valence-electron chi connectivity index (χ1n) is 8.10. The number of benzene rings is 1. The van der Waals surface area contributed by atoms with Crippen molar-refractivity contribution in [3.05, 3.63) is 52.9 Å². The predicted octanol–water partition coefficient (Wildman–Crippen LogP) is 2.73. The number of esters is 2. The van der Waals surface area contributed by atoms with Crippen LogP contribution < -0.4 is 4.74 Å². The van der Waals surface area contributed by atoms with Crippen LogP contribution in [0.2, 0.25) is 0 Å². The monoisotopic (exact) mass is 368 g/mol. The van der Waals surface area contributed by atoms with Gasteiger partial charge in [-0.25, -0.2) is 9.59 Å². The van der Waals surface area contributed by atoms with Gasteiger partial charge in [0.1, 0.15) is 17.4 Å². The summed E-state index contributed by atoms with van der Waals surface area (Å²) in [6.07, 6.45) is 1.45. The highest BCUT2D eigenvalue weighted by Crippen LogP contribution is 2.24. The third kappa shape index (κ3) is 4.55. The van der Waals surface area contributed by atoms with Gasteiger partial charge in [0.15, 0.2) is 6.61 Å². The van der Waals surface area contributed by atoms with Crippen molar-refractivity contribution in [2.45, 2.75) is 13.8 Å². The van der Waals surface area contributed by atoms with Gasteiger partial charge in [0.25, 0.3) is 0 Å². The molecular weight excluding hydrogens is 348 g/mol. The van der Waals surface area contributed by atoms with Gasteiger partial charge in [-0.1, -0.05) is 0 Å². The molecule has 1 aromatic carbocycles. The van der Waals surface area contributed by atoms with Gasteiger partial charge >= 0.3 is 11.9 Å². The second kappa shape index (κ2) is 8.72. The summed E-state index contributed by atoms with van der Waals surface area (Å²) in [5.41, 5.74) is 3.22. The Morgan fingerprint density at radius 2 is 1.85 bits per heavy atom. The van der Waals surface area contributed by atoms with Gasteiger partial charge in [0.2, 0.25) is 0 Å². The van der Waals surface area contributed by atoms with Crippen LogP contribution >= 0.6 is 0 Å². The zero-order chi connectivity index (χ0) is 20.0. The zero-order valence-corrected chi connectivity index (χ0v) is 15.6. The van der Waals surface area contributed by atoms with Crippen LogP contribution in [0.1, 0.15) is 17.0 Å². The quantitative estimate of drug-likeness (QED) is 0.442. The lowest BCUT2D eigenvalue weighted by molar-refractivity contribution is -0.154. The molecule has 0 aliphatic carbocycles. The van der Waals surface area contributed by atoms with E-state index >= 15 is 0 Å². The van der Waals surface area contributed by atoms with E-state index in [0.29, 0.717) is 5.56 Å². The summed E-state index contributed by atoms with van der Waals surface area (Å²) in [5.74, 6) is -0.822. The highest BCUT2D eigenvalue weighted by molar-refractivity contribution is 5.98. The highest BCUT2D eigenvalue weighted by Gasteiger charge is 2.16. The van der Waals surface area contributed by atoms with E-state index in [1.54, 1.807) is 7.11 Å². The molecule has 0 radical (unpaired) electrons. The van der Waals surface area contributed by atoms with Crippen LogP contribution in [-0.4, -0.2) is 37.3 Å². The van der Waals surface area contributed by atoms with Crippen molar-refractivity contribution in [1.29, 1.82) is 5.26 Å². The van der Waals surface area contributed by atoms with Crippen molar-refractivity contribution in [3.63, 3.8) is 0 Å². The molecule has 0 fully saturated rings. The minimum Gasteiger partial charge on any atom is -0.497 e. The van der Waals surface area contributed by atoms with E-state index in [0.717, 1.165) is 22.8 Å². The van der Waals surface area contributed by atoms with Gasteiger partial charge in [-0.05, 0) is 55.8 Å². The van der Waals surface area contributed by atoms with Crippen molar-refractivity contribution in [1.82, 2.24) is 4.57 Å². The minimum absolute atomic E-state index is 0.200. The summed E-state index contributed by atoms with van der Waals surface area (Å²) in [5, 5.41) is 9.27. The fourth-order valence-electron chi connectivity index (χ4n) is 2.62. The topological polar surface area (TPSA) is 90.5 Å². The van der Waals surface area contributed by atoms with Crippen LogP contribution in [-0.2, 0) is 19.1 Å². The Balaban J connectivity index is 2.33. The number of nitrogens with zero attached hydrogens (tertiary/aromatic N) is 2. The maximum absolute atomic E-state index is 12.0. The fraction of sp³-hybridized carbons (Fsp3) is 0.250. The van der Waals surface area contributed by atoms with E-state index < -0.39 is 18.5 Å². The molecule has 140 valence electrons. The van der Waals surface area contributed by atoms with Crippen molar-refractivity contribution in [2.24, 2.45) is 0 Å². The number of hydrogen-bond donors (Lipinski definition) is 0. The molecule has 2 rings (SSSR count). The number of methoxy groups -OCH3 is 2. The van der Waals surface area contributed by atoms with Gasteiger partial charge in [-0.2, -0.15) is 5.26 Å². The molecule has 7 heteroatoms. The van der Waals surface area contributed by atoms with Gasteiger partial charge in [-0.3, -0.25) is 0 Å². The Hall–Kier alpha value is -3.53. The molecule has 1 aromatic heterocycles. The Morgan fingerprint density at radius 3 is 2.41 bits per heavy atom. The van der Waals surface area contributed by atoms with Crippen LogP contribution in [0.4, 0.5) is 0 Å². The minimum atomic E-state index is -0.878. The lowest BCUT2D eigenvalue weighted by atomic mass is 10.1. The third-order valence-electron chi connectivity index (χ3n) is 3.99. The number of ether oxygens (including phenoxy) is 3. The lowest BCUT2D eigenvalue weighted by Crippen LogP contribution is -2.15. The molecule has 0 saturated heterocycles. The van der Waals surface area contributed by atoms with E-state index in [1.807, 2.05) is 54.8 Å². The smallest absolute Gasteiger partial charge is 0.349 e. The fourth-order valence-corrected chi connectivity index (χ4v) is 2.62. The summed E-state index contributed by atoms with van der Waals surface area (Å²) >= 11 is 0. The largest absolute Gasteiger partial charge is 0.497 e. The molecule has 0 unspecified atom stereocenters. The van der Waals surface area contributed by atoms with Crippen LogP contribution in [0.15, 0.2) is 35.9 Å². The van der Waals surface area contributed by atoms with Gasteiger partial charge in [0.05, 0.1) is 14.2 Å². The number of carbonyl (C=O) groups excluding carboxylic acids is 2. The Kier molecular flexibility index (Phi) is 6.39. The van der Waals surface area contributed by atoms with E-state index in [-0.39, 0.29) is 5.57 Å². The first kappa shape index (κ1) is 19.8. The molecular formula is C20H20N2O5. The summed E-state index contributed by atoms with van der Waals surface area (Å²) in [6.45, 7) is 3.27. The molecule has 1 heterocycles. The van der Waals surface area contributed by atoms with E-state index in [2.05, 4.69) is 4.74 Å². The standard InChI is InChI=1S/C20H20N2O5/c1-13-9-15(10-16(11-21)20(24)27-12-19(23)26-4)14(2)22(13)17-5-7-18(25-3)8-6-17/h5-10H,12H2,1-4H3/b16-10+. The van der Waals surface area contributed by atoms with Gasteiger partial charge in [-0.15, -0.1) is 0 Å². The van der Waals surface area contributed by atoms with E-state index in [1.165, 1.54) is 13.2 Å². The van der Waals surface area contributed by atoms with Crippen LogP contribution in [0.25, 0.3) is 11.8 Å². The molecule has 0 amide bonds. The molecule has 2 aromatic rings. The van der Waals surface area contributed by atoms with Crippen LogP contribution in [0, 0.1) is 25.2 Å². The van der Waals surface area contributed by atoms with Crippen molar-refractivity contribution >= 4 is 18.0 Å². The normalized spacial score (nSPS) is 10.9. The molecule has 27 heavy (non-hydrogen) atoms. The molecule has 0 N–H and O–H groups in total. The SMILES string of the molecule is COC(=O)COC(=O)/C(C#N)=C/c1cc(C)n(-c2ccc(OC)cc2)c1C. The van der Waals surface area contributed by atoms with Gasteiger partial charge in [0, 0.05) is 17.1 Å². The zero-order valence-electron chi connectivity index (χ0n) is 15.6. The number of aromatic nitrogens is 1. The molecule has 0 spiro atoms. The average Bonchev–Trinajstić information content (AvgIpc) is 2.96. The predicted molar refractivity (Wildman–Crippen MR) is 98.4 cm³/mol. The molecule has 7 nitrogen and oxygen atoms in total. The number of rotatable bonds is 6. The Morgan fingerprint density at radius 1 is 1.19 bits per heavy atom. The maximum Gasteiger partial charge on any atom is 0.349 e. The molecule has 0 saturated carbocycles. The summed E-state index contributed by atoms with van der Waals surface area (Å²) in [4.78, 5) is 23.1. The molecule has 0 atom stereocenters. The lowest BCUT2D eigenvalue weighted by Gasteiger charge is -2.10. The van der Waals surface area contributed by atoms with Gasteiger partial charge < -0.3 is 18.8 Å². The van der Waals surface area contributed by atoms with Crippen molar-refractivity contribution < 1.29 is 23.8 Å². The maximum atomic E-state index is 12.0. The summed E-state index contributed by atoms with van der Waals surface area (Å²) < 4.78 is 16.4. The van der Waals surface area contributed by atoms with Crippen LogP contribution in [0.3, 0.4) is 0 Å². The Bertz CT molecular complexity index is 917. The van der Waals surface area contributed by atoms with E-state index in [9.17, 15) is 14.9 Å². The second-order valence-electron chi connectivity index (χ2n) is 5.68.